The Morgan fingerprint density at radius 3 is 2.52 bits per heavy atom. The first-order chi connectivity index (χ1) is 13.3. The van der Waals surface area contributed by atoms with Crippen LogP contribution < -0.4 is 0 Å². The Kier molecular flexibility index (Phi) is 3.79. The van der Waals surface area contributed by atoms with Gasteiger partial charge in [-0.2, -0.15) is 0 Å². The lowest BCUT2D eigenvalue weighted by molar-refractivity contribution is 1.10. The first kappa shape index (κ1) is 15.9. The number of allylic oxidation sites excluding steroid dienone is 3. The largest absolute Gasteiger partial charge is 0.310 e. The number of benzene rings is 3. The van der Waals surface area contributed by atoms with Gasteiger partial charge in [0.15, 0.2) is 0 Å². The molecule has 0 atom stereocenters. The monoisotopic (exact) mass is 347 g/mol. The van der Waals surface area contributed by atoms with Gasteiger partial charge >= 0.3 is 0 Å². The van der Waals surface area contributed by atoms with Crippen LogP contribution in [0.15, 0.2) is 91.0 Å². The summed E-state index contributed by atoms with van der Waals surface area (Å²) in [5.74, 6) is 0. The minimum Gasteiger partial charge on any atom is -0.310 e. The molecule has 0 radical (unpaired) electrons. The van der Waals surface area contributed by atoms with Crippen LogP contribution in [0.1, 0.15) is 23.7 Å². The summed E-state index contributed by atoms with van der Waals surface area (Å²) in [7, 11) is 0. The molecule has 0 N–H and O–H groups in total. The molecule has 1 aliphatic carbocycles. The molecule has 0 amide bonds. The van der Waals surface area contributed by atoms with Crippen LogP contribution in [0.5, 0.6) is 0 Å². The van der Waals surface area contributed by atoms with Gasteiger partial charge in [-0.1, -0.05) is 66.8 Å². The fourth-order valence-electron chi connectivity index (χ4n) is 4.10. The van der Waals surface area contributed by atoms with Crippen molar-refractivity contribution in [1.29, 1.82) is 0 Å². The minimum absolute atomic E-state index is 1.03. The van der Waals surface area contributed by atoms with Crippen LogP contribution in [0, 0.1) is 0 Å². The Morgan fingerprint density at radius 1 is 0.778 bits per heavy atom. The average molecular weight is 347 g/mol. The van der Waals surface area contributed by atoms with Gasteiger partial charge in [0, 0.05) is 16.8 Å². The summed E-state index contributed by atoms with van der Waals surface area (Å²) in [5, 5.41) is 1.26. The molecule has 5 rings (SSSR count). The van der Waals surface area contributed by atoms with Crippen molar-refractivity contribution in [3.63, 3.8) is 0 Å². The Bertz CT molecular complexity index is 1200. The molecule has 0 unspecified atom stereocenters. The smallest absolute Gasteiger partial charge is 0.0534 e. The number of fused-ring (bicyclic) bond motifs is 4. The predicted molar refractivity (Wildman–Crippen MR) is 115 cm³/mol. The average Bonchev–Trinajstić information content (AvgIpc) is 3.25. The first-order valence-corrected chi connectivity index (χ1v) is 9.46. The Balaban J connectivity index is 1.72. The lowest BCUT2D eigenvalue weighted by atomic mass is 10.1. The molecule has 0 fully saturated rings. The van der Waals surface area contributed by atoms with Crippen molar-refractivity contribution in [3.8, 4) is 16.8 Å². The number of nitrogens with zero attached hydrogens (tertiary/aromatic N) is 1. The third-order valence-corrected chi connectivity index (χ3v) is 5.35. The van der Waals surface area contributed by atoms with Crippen molar-refractivity contribution in [2.24, 2.45) is 0 Å². The van der Waals surface area contributed by atoms with Gasteiger partial charge in [0.1, 0.15) is 0 Å². The molecule has 4 aromatic rings. The summed E-state index contributed by atoms with van der Waals surface area (Å²) < 4.78 is 2.36. The molecule has 27 heavy (non-hydrogen) atoms. The molecule has 1 aromatic heterocycles. The van der Waals surface area contributed by atoms with Gasteiger partial charge in [-0.3, -0.25) is 0 Å². The van der Waals surface area contributed by atoms with E-state index in [4.69, 9.17) is 0 Å². The van der Waals surface area contributed by atoms with Crippen LogP contribution in [0.3, 0.4) is 0 Å². The molecule has 1 nitrogen and oxygen atoms in total. The Labute approximate surface area is 159 Å². The molecule has 0 bridgehead atoms. The van der Waals surface area contributed by atoms with Gasteiger partial charge in [0.05, 0.1) is 5.52 Å². The Hall–Kier alpha value is -3.32. The van der Waals surface area contributed by atoms with Crippen LogP contribution in [0.25, 0.3) is 33.8 Å². The summed E-state index contributed by atoms with van der Waals surface area (Å²) in [6.07, 6.45) is 9.44. The van der Waals surface area contributed by atoms with Gasteiger partial charge < -0.3 is 4.57 Å². The third-order valence-electron chi connectivity index (χ3n) is 5.35. The summed E-state index contributed by atoms with van der Waals surface area (Å²) in [4.78, 5) is 0. The lowest BCUT2D eigenvalue weighted by Crippen LogP contribution is -1.97. The summed E-state index contributed by atoms with van der Waals surface area (Å²) in [6.45, 7) is 2.04. The van der Waals surface area contributed by atoms with E-state index in [1.165, 1.54) is 44.5 Å². The maximum absolute atomic E-state index is 2.36. The number of hydrogen-bond acceptors (Lipinski definition) is 0. The van der Waals surface area contributed by atoms with Gasteiger partial charge in [-0.05, 0) is 65.9 Å². The van der Waals surface area contributed by atoms with Crippen LogP contribution >= 0.6 is 0 Å². The topological polar surface area (TPSA) is 4.93 Å². The standard InChI is InChI=1S/C26H21N/c1-2-3-4-11-22-17-21-10-6-8-13-26(21)27(22)23-15-14-20-16-19-9-5-7-12-24(19)25(20)18-23/h2-15,17-18H,16H2,1H3/b3-2-,11-4-. The maximum Gasteiger partial charge on any atom is 0.0534 e. The second kappa shape index (κ2) is 6.44. The SMILES string of the molecule is C/C=C\C=C/c1cc2ccccc2n1-c1ccc2c(c1)-c1ccccc1C2. The second-order valence-electron chi connectivity index (χ2n) is 7.02. The zero-order valence-electron chi connectivity index (χ0n) is 15.4. The molecule has 0 saturated heterocycles. The van der Waals surface area contributed by atoms with Crippen molar-refractivity contribution in [2.75, 3.05) is 0 Å². The van der Waals surface area contributed by atoms with E-state index >= 15 is 0 Å². The number of para-hydroxylation sites is 1. The molecule has 0 spiro atoms. The van der Waals surface area contributed by atoms with E-state index in [2.05, 4.69) is 102 Å². The normalized spacial score (nSPS) is 12.9. The highest BCUT2D eigenvalue weighted by Gasteiger charge is 2.19. The van der Waals surface area contributed by atoms with Gasteiger partial charge in [0.25, 0.3) is 0 Å². The van der Waals surface area contributed by atoms with E-state index in [9.17, 15) is 0 Å². The van der Waals surface area contributed by atoms with Gasteiger partial charge in [0.2, 0.25) is 0 Å². The molecule has 0 aliphatic heterocycles. The van der Waals surface area contributed by atoms with Crippen molar-refractivity contribution >= 4 is 17.0 Å². The predicted octanol–water partition coefficient (Wildman–Crippen LogP) is 6.79. The lowest BCUT2D eigenvalue weighted by Gasteiger charge is -2.11. The van der Waals surface area contributed by atoms with Crippen LogP contribution in [-0.2, 0) is 6.42 Å². The molecule has 3 aromatic carbocycles. The zero-order chi connectivity index (χ0) is 18.2. The highest BCUT2D eigenvalue weighted by molar-refractivity contribution is 5.87. The van der Waals surface area contributed by atoms with E-state index in [1.807, 2.05) is 6.92 Å². The van der Waals surface area contributed by atoms with E-state index in [0.29, 0.717) is 0 Å². The fraction of sp³-hybridized carbons (Fsp3) is 0.0769. The molecule has 1 heteroatoms. The fourth-order valence-corrected chi connectivity index (χ4v) is 4.10. The van der Waals surface area contributed by atoms with E-state index in [-0.39, 0.29) is 0 Å². The number of rotatable bonds is 3. The number of hydrogen-bond donors (Lipinski definition) is 0. The van der Waals surface area contributed by atoms with Gasteiger partial charge in [-0.25, -0.2) is 0 Å². The third kappa shape index (κ3) is 2.63. The Morgan fingerprint density at radius 2 is 1.59 bits per heavy atom. The van der Waals surface area contributed by atoms with Crippen LogP contribution in [0.2, 0.25) is 0 Å². The first-order valence-electron chi connectivity index (χ1n) is 9.46. The van der Waals surface area contributed by atoms with Crippen molar-refractivity contribution in [2.45, 2.75) is 13.3 Å². The van der Waals surface area contributed by atoms with E-state index < -0.39 is 0 Å². The summed E-state index contributed by atoms with van der Waals surface area (Å²) >= 11 is 0. The van der Waals surface area contributed by atoms with Crippen LogP contribution in [-0.4, -0.2) is 4.57 Å². The molecule has 130 valence electrons. The minimum atomic E-state index is 1.03. The second-order valence-corrected chi connectivity index (χ2v) is 7.02. The van der Waals surface area contributed by atoms with Gasteiger partial charge in [-0.15, -0.1) is 0 Å². The van der Waals surface area contributed by atoms with E-state index in [0.717, 1.165) is 6.42 Å². The highest BCUT2D eigenvalue weighted by atomic mass is 15.0. The van der Waals surface area contributed by atoms with Crippen molar-refractivity contribution in [3.05, 3.63) is 108 Å². The summed E-state index contributed by atoms with van der Waals surface area (Å²) in [5.41, 5.74) is 9.23. The highest BCUT2D eigenvalue weighted by Crippen LogP contribution is 2.38. The quantitative estimate of drug-likeness (QED) is 0.317. The summed E-state index contributed by atoms with van der Waals surface area (Å²) in [6, 6.07) is 26.5. The van der Waals surface area contributed by atoms with Crippen LogP contribution in [0.4, 0.5) is 0 Å². The zero-order valence-corrected chi connectivity index (χ0v) is 15.4. The maximum atomic E-state index is 2.36. The molecular formula is C26H21N. The number of aromatic nitrogens is 1. The molecular weight excluding hydrogens is 326 g/mol. The molecule has 0 saturated carbocycles. The molecule has 1 heterocycles. The molecule has 1 aliphatic rings. The van der Waals surface area contributed by atoms with Crippen molar-refractivity contribution < 1.29 is 0 Å². The van der Waals surface area contributed by atoms with Crippen molar-refractivity contribution in [1.82, 2.24) is 4.57 Å². The van der Waals surface area contributed by atoms with E-state index in [1.54, 1.807) is 0 Å².